The van der Waals surface area contributed by atoms with E-state index in [0.717, 1.165) is 19.6 Å². The maximum Gasteiger partial charge on any atom is 0.262 e. The first kappa shape index (κ1) is 24.4. The molecule has 2 amide bonds. The van der Waals surface area contributed by atoms with Gasteiger partial charge in [-0.15, -0.1) is 0 Å². The van der Waals surface area contributed by atoms with E-state index in [9.17, 15) is 14.0 Å². The van der Waals surface area contributed by atoms with Crippen molar-refractivity contribution in [3.05, 3.63) is 59.9 Å². The fourth-order valence-corrected chi connectivity index (χ4v) is 2.58. The second-order valence-corrected chi connectivity index (χ2v) is 6.13. The van der Waals surface area contributed by atoms with Crippen molar-refractivity contribution < 1.29 is 31.1 Å². The van der Waals surface area contributed by atoms with Crippen LogP contribution in [0.1, 0.15) is 24.2 Å². The number of nitrogens with zero attached hydrogens (tertiary/aromatic N) is 1. The van der Waals surface area contributed by atoms with Crippen LogP contribution in [0.5, 0.6) is 5.75 Å². The number of para-hydroxylation sites is 1. The number of rotatable bonds is 10. The minimum Gasteiger partial charge on any atom is -1.00 e. The van der Waals surface area contributed by atoms with Crippen LogP contribution in [0.2, 0.25) is 0 Å². The summed E-state index contributed by atoms with van der Waals surface area (Å²) in [6.45, 7) is 7.12. The summed E-state index contributed by atoms with van der Waals surface area (Å²) in [6, 6.07) is 12.4. The van der Waals surface area contributed by atoms with E-state index in [0.29, 0.717) is 17.8 Å². The molecule has 0 aliphatic carbocycles. The lowest BCUT2D eigenvalue weighted by Crippen LogP contribution is -3.00. The van der Waals surface area contributed by atoms with Crippen LogP contribution in [0.4, 0.5) is 10.1 Å². The van der Waals surface area contributed by atoms with Crippen molar-refractivity contribution in [3.63, 3.8) is 0 Å². The molecule has 0 saturated heterocycles. The number of ether oxygens (including phenoxy) is 1. The van der Waals surface area contributed by atoms with E-state index in [4.69, 9.17) is 4.74 Å². The Labute approximate surface area is 176 Å². The molecule has 0 radical (unpaired) electrons. The Morgan fingerprint density at radius 1 is 1.03 bits per heavy atom. The largest absolute Gasteiger partial charge is 1.00 e. The van der Waals surface area contributed by atoms with Gasteiger partial charge in [-0.05, 0) is 49.5 Å². The van der Waals surface area contributed by atoms with Crippen LogP contribution >= 0.6 is 0 Å². The molecule has 0 fully saturated rings. The minimum absolute atomic E-state index is 0. The van der Waals surface area contributed by atoms with Crippen molar-refractivity contribution in [2.24, 2.45) is 0 Å². The predicted molar refractivity (Wildman–Crippen MR) is 107 cm³/mol. The first-order valence-corrected chi connectivity index (χ1v) is 9.31. The van der Waals surface area contributed by atoms with Crippen molar-refractivity contribution in [3.8, 4) is 5.75 Å². The third-order valence-corrected chi connectivity index (χ3v) is 4.23. The zero-order valence-corrected chi connectivity index (χ0v) is 17.3. The number of benzene rings is 2. The maximum absolute atomic E-state index is 13.5. The Balaban J connectivity index is 0.00000420. The molecule has 0 aliphatic heterocycles. The Morgan fingerprint density at radius 3 is 2.31 bits per heavy atom. The third-order valence-electron chi connectivity index (χ3n) is 4.23. The first-order chi connectivity index (χ1) is 13.5. The van der Waals surface area contributed by atoms with Crippen LogP contribution in [-0.4, -0.2) is 49.5 Å². The van der Waals surface area contributed by atoms with Crippen LogP contribution in [0.3, 0.4) is 0 Å². The highest BCUT2D eigenvalue weighted by Crippen LogP contribution is 2.15. The van der Waals surface area contributed by atoms with Gasteiger partial charge in [-0.3, -0.25) is 9.59 Å². The first-order valence-electron chi connectivity index (χ1n) is 9.31. The molecule has 0 aromatic heterocycles. The van der Waals surface area contributed by atoms with Crippen molar-refractivity contribution in [2.75, 3.05) is 38.1 Å². The maximum atomic E-state index is 13.5. The number of nitrogens with one attached hydrogen (secondary N) is 2. The van der Waals surface area contributed by atoms with Gasteiger partial charge >= 0.3 is 0 Å². The van der Waals surface area contributed by atoms with Gasteiger partial charge in [-0.25, -0.2) is 4.39 Å². The number of carbonyl (C=O) groups is 2. The van der Waals surface area contributed by atoms with Gasteiger partial charge in [0.15, 0.2) is 18.2 Å². The molecule has 2 aromatic rings. The molecular formula is C21H26ClFN3O3-. The predicted octanol–water partition coefficient (Wildman–Crippen LogP) is -0.0812. The van der Waals surface area contributed by atoms with E-state index in [2.05, 4.69) is 29.4 Å². The Morgan fingerprint density at radius 2 is 1.69 bits per heavy atom. The fourth-order valence-electron chi connectivity index (χ4n) is 2.58. The summed E-state index contributed by atoms with van der Waals surface area (Å²) >= 11 is 0. The number of hydrogen-bond donors (Lipinski definition) is 2. The Hall–Kier alpha value is -2.64. The summed E-state index contributed by atoms with van der Waals surface area (Å²) in [4.78, 5) is 26.3. The molecule has 0 saturated carbocycles. The number of anilines is 1. The van der Waals surface area contributed by atoms with Gasteiger partial charge in [0.2, 0.25) is 0 Å². The van der Waals surface area contributed by atoms with Crippen LogP contribution in [0.15, 0.2) is 48.5 Å². The van der Waals surface area contributed by atoms with Gasteiger partial charge in [-0.2, -0.15) is 0 Å². The third kappa shape index (κ3) is 8.09. The highest BCUT2D eigenvalue weighted by atomic mass is 35.5. The monoisotopic (exact) mass is 422 g/mol. The quantitative estimate of drug-likeness (QED) is 0.562. The SMILES string of the molecule is CCN(CC)CCNC(=O)c1ccc(NC(=O)COc2ccccc2F)cc1.[Cl-]. The molecule has 0 atom stereocenters. The van der Waals surface area contributed by atoms with Crippen molar-refractivity contribution in [2.45, 2.75) is 13.8 Å². The number of amides is 2. The standard InChI is InChI=1S/C21H26FN3O3.ClH/c1-3-25(4-2)14-13-23-21(27)16-9-11-17(12-10-16)24-20(26)15-28-19-8-6-5-7-18(19)22;/h5-12H,3-4,13-15H2,1-2H3,(H,23,27)(H,24,26);1H/p-1. The fraction of sp³-hybridized carbons (Fsp3) is 0.333. The molecule has 2 rings (SSSR count). The van der Waals surface area contributed by atoms with E-state index in [-0.39, 0.29) is 30.7 Å². The van der Waals surface area contributed by atoms with Gasteiger partial charge in [-0.1, -0.05) is 26.0 Å². The smallest absolute Gasteiger partial charge is 0.262 e. The van der Waals surface area contributed by atoms with E-state index in [1.807, 2.05) is 0 Å². The van der Waals surface area contributed by atoms with Crippen molar-refractivity contribution in [1.82, 2.24) is 10.2 Å². The Kier molecular flexibility index (Phi) is 10.7. The van der Waals surface area contributed by atoms with Crippen LogP contribution in [-0.2, 0) is 4.79 Å². The minimum atomic E-state index is -0.522. The summed E-state index contributed by atoms with van der Waals surface area (Å²) in [7, 11) is 0. The van der Waals surface area contributed by atoms with Gasteiger partial charge in [0.25, 0.3) is 11.8 Å². The molecule has 0 aliphatic rings. The molecule has 6 nitrogen and oxygen atoms in total. The highest BCUT2D eigenvalue weighted by molar-refractivity contribution is 5.96. The summed E-state index contributed by atoms with van der Waals surface area (Å²) < 4.78 is 18.6. The van der Waals surface area contributed by atoms with Gasteiger partial charge in [0.1, 0.15) is 0 Å². The van der Waals surface area contributed by atoms with E-state index < -0.39 is 11.7 Å². The topological polar surface area (TPSA) is 70.7 Å². The van der Waals surface area contributed by atoms with Gasteiger partial charge in [0.05, 0.1) is 0 Å². The average molecular weight is 423 g/mol. The molecular weight excluding hydrogens is 397 g/mol. The number of halogens is 2. The van der Waals surface area contributed by atoms with E-state index in [1.54, 1.807) is 36.4 Å². The molecule has 0 bridgehead atoms. The van der Waals surface area contributed by atoms with Crippen LogP contribution in [0.25, 0.3) is 0 Å². The molecule has 29 heavy (non-hydrogen) atoms. The van der Waals surface area contributed by atoms with E-state index >= 15 is 0 Å². The number of hydrogen-bond acceptors (Lipinski definition) is 4. The number of carbonyl (C=O) groups excluding carboxylic acids is 2. The lowest BCUT2D eigenvalue weighted by molar-refractivity contribution is -0.118. The summed E-state index contributed by atoms with van der Waals surface area (Å²) in [5.74, 6) is -1.08. The van der Waals surface area contributed by atoms with Gasteiger partial charge < -0.3 is 32.7 Å². The molecule has 0 heterocycles. The molecule has 2 aromatic carbocycles. The zero-order valence-electron chi connectivity index (χ0n) is 16.6. The lowest BCUT2D eigenvalue weighted by atomic mass is 10.2. The summed E-state index contributed by atoms with van der Waals surface area (Å²) in [6.07, 6.45) is 0. The van der Waals surface area contributed by atoms with Crippen molar-refractivity contribution >= 4 is 17.5 Å². The van der Waals surface area contributed by atoms with Crippen LogP contribution in [0, 0.1) is 5.82 Å². The van der Waals surface area contributed by atoms with E-state index in [1.165, 1.54) is 12.1 Å². The highest BCUT2D eigenvalue weighted by Gasteiger charge is 2.09. The van der Waals surface area contributed by atoms with Crippen molar-refractivity contribution in [1.29, 1.82) is 0 Å². The second-order valence-electron chi connectivity index (χ2n) is 6.13. The average Bonchev–Trinajstić information content (AvgIpc) is 2.71. The Bertz CT molecular complexity index is 783. The van der Waals surface area contributed by atoms with Gasteiger partial charge in [0, 0.05) is 24.3 Å². The zero-order chi connectivity index (χ0) is 20.4. The molecule has 158 valence electrons. The second kappa shape index (κ2) is 12.7. The summed E-state index contributed by atoms with van der Waals surface area (Å²) in [5.41, 5.74) is 1.04. The number of likely N-dealkylation sites (N-methyl/N-ethyl adjacent to an activating group) is 1. The molecule has 0 spiro atoms. The molecule has 8 heteroatoms. The molecule has 0 unspecified atom stereocenters. The van der Waals surface area contributed by atoms with Crippen LogP contribution < -0.4 is 27.8 Å². The molecule has 2 N–H and O–H groups in total. The normalized spacial score (nSPS) is 10.2. The lowest BCUT2D eigenvalue weighted by Gasteiger charge is -2.18. The summed E-state index contributed by atoms with van der Waals surface area (Å²) in [5, 5.41) is 5.52.